The van der Waals surface area contributed by atoms with Crippen molar-refractivity contribution >= 4 is 0 Å². The van der Waals surface area contributed by atoms with E-state index in [2.05, 4.69) is 70.5 Å². The molecule has 0 unspecified atom stereocenters. The average Bonchev–Trinajstić information content (AvgIpc) is 3.45. The molecule has 2 bridgehead atoms. The van der Waals surface area contributed by atoms with Crippen molar-refractivity contribution in [3.8, 4) is 0 Å². The first-order chi connectivity index (χ1) is 15.8. The second-order valence-corrected chi connectivity index (χ2v) is 10.2. The minimum atomic E-state index is -0.390. The van der Waals surface area contributed by atoms with Gasteiger partial charge in [0.15, 0.2) is 0 Å². The van der Waals surface area contributed by atoms with Gasteiger partial charge in [-0.25, -0.2) is 0 Å². The number of rotatable bonds is 9. The second-order valence-electron chi connectivity index (χ2n) is 10.2. The van der Waals surface area contributed by atoms with Gasteiger partial charge < -0.3 is 9.84 Å². The van der Waals surface area contributed by atoms with E-state index in [1.807, 2.05) is 0 Å². The van der Waals surface area contributed by atoms with E-state index < -0.39 is 0 Å². The van der Waals surface area contributed by atoms with Gasteiger partial charge in [-0.3, -0.25) is 9.80 Å². The van der Waals surface area contributed by atoms with Gasteiger partial charge in [0.1, 0.15) is 0 Å². The Morgan fingerprint density at radius 2 is 1.50 bits per heavy atom. The molecule has 3 fully saturated rings. The highest BCUT2D eigenvalue weighted by atomic mass is 16.5. The van der Waals surface area contributed by atoms with Gasteiger partial charge in [-0.2, -0.15) is 0 Å². The molecule has 172 valence electrons. The fourth-order valence-corrected chi connectivity index (χ4v) is 6.38. The van der Waals surface area contributed by atoms with Crippen LogP contribution in [0.3, 0.4) is 0 Å². The van der Waals surface area contributed by atoms with E-state index in [1.165, 1.54) is 36.8 Å². The number of aliphatic hydroxyl groups is 1. The zero-order valence-corrected chi connectivity index (χ0v) is 19.2. The van der Waals surface area contributed by atoms with Gasteiger partial charge in [-0.1, -0.05) is 67.1 Å². The summed E-state index contributed by atoms with van der Waals surface area (Å²) in [5, 5.41) is 10.6. The molecule has 0 aromatic heterocycles. The molecule has 2 saturated carbocycles. The van der Waals surface area contributed by atoms with E-state index >= 15 is 0 Å². The molecule has 3 aliphatic rings. The van der Waals surface area contributed by atoms with E-state index in [4.69, 9.17) is 4.74 Å². The molecule has 0 radical (unpaired) electrons. The van der Waals surface area contributed by atoms with Crippen molar-refractivity contribution in [2.45, 2.75) is 37.8 Å². The number of fused-ring (bicyclic) bond motifs is 2. The summed E-state index contributed by atoms with van der Waals surface area (Å²) >= 11 is 0. The van der Waals surface area contributed by atoms with Gasteiger partial charge in [0.25, 0.3) is 0 Å². The van der Waals surface area contributed by atoms with Crippen LogP contribution in [0.1, 0.15) is 42.9 Å². The normalized spacial score (nSPS) is 27.2. The monoisotopic (exact) mass is 434 g/mol. The standard InChI is InChI=1S/C28H38N2O2/c31-27(21-32-20-26-18-22-11-12-25(26)17-22)19-29-13-15-30(16-14-29)28(23-7-3-1-4-8-23)24-9-5-2-6-10-24/h1-10,22,25-28,31H,11-21H2/t22-,25-,26-,27-/m1/s1. The van der Waals surface area contributed by atoms with Gasteiger partial charge >= 0.3 is 0 Å². The van der Waals surface area contributed by atoms with Crippen molar-refractivity contribution < 1.29 is 9.84 Å². The lowest BCUT2D eigenvalue weighted by atomic mass is 9.90. The smallest absolute Gasteiger partial charge is 0.0900 e. The summed E-state index contributed by atoms with van der Waals surface area (Å²) in [6, 6.07) is 21.9. The van der Waals surface area contributed by atoms with Crippen molar-refractivity contribution in [2.24, 2.45) is 17.8 Å². The maximum atomic E-state index is 10.6. The van der Waals surface area contributed by atoms with Crippen LogP contribution in [0.2, 0.25) is 0 Å². The number of aliphatic hydroxyl groups excluding tert-OH is 1. The van der Waals surface area contributed by atoms with Gasteiger partial charge in [0.2, 0.25) is 0 Å². The fraction of sp³-hybridized carbons (Fsp3) is 0.571. The number of piperazine rings is 1. The first-order valence-electron chi connectivity index (χ1n) is 12.6. The topological polar surface area (TPSA) is 35.9 Å². The largest absolute Gasteiger partial charge is 0.389 e. The number of benzene rings is 2. The molecule has 1 saturated heterocycles. The van der Waals surface area contributed by atoms with Gasteiger partial charge in [-0.05, 0) is 48.1 Å². The maximum Gasteiger partial charge on any atom is 0.0900 e. The van der Waals surface area contributed by atoms with Crippen LogP contribution in [0.5, 0.6) is 0 Å². The van der Waals surface area contributed by atoms with Crippen LogP contribution in [0, 0.1) is 17.8 Å². The van der Waals surface area contributed by atoms with Crippen LogP contribution < -0.4 is 0 Å². The van der Waals surface area contributed by atoms with Crippen LogP contribution in [-0.4, -0.2) is 66.9 Å². The van der Waals surface area contributed by atoms with Crippen LogP contribution in [0.25, 0.3) is 0 Å². The first-order valence-corrected chi connectivity index (χ1v) is 12.6. The fourth-order valence-electron chi connectivity index (χ4n) is 6.38. The molecule has 1 N–H and O–H groups in total. The molecule has 5 rings (SSSR count). The lowest BCUT2D eigenvalue weighted by Gasteiger charge is -2.40. The Bertz CT molecular complexity index is 782. The number of nitrogens with zero attached hydrogens (tertiary/aromatic N) is 2. The Balaban J connectivity index is 1.10. The molecule has 0 spiro atoms. The van der Waals surface area contributed by atoms with Crippen molar-refractivity contribution in [1.29, 1.82) is 0 Å². The number of hydrogen-bond acceptors (Lipinski definition) is 4. The average molecular weight is 435 g/mol. The SMILES string of the molecule is O[C@@H](COC[C@H]1C[C@@H]2CC[C@@H]1C2)CN1CCN(C(c2ccccc2)c2ccccc2)CC1. The summed E-state index contributed by atoms with van der Waals surface area (Å²) in [4.78, 5) is 4.98. The number of β-amino-alcohol motifs (C(OH)–C–C–N with tert-alkyl or cyclic N) is 1. The van der Waals surface area contributed by atoms with Gasteiger partial charge in [-0.15, -0.1) is 0 Å². The summed E-state index contributed by atoms with van der Waals surface area (Å²) < 4.78 is 5.96. The highest BCUT2D eigenvalue weighted by Gasteiger charge is 2.39. The summed E-state index contributed by atoms with van der Waals surface area (Å²) in [7, 11) is 0. The maximum absolute atomic E-state index is 10.6. The number of ether oxygens (including phenoxy) is 1. The molecule has 2 aromatic rings. The molecule has 32 heavy (non-hydrogen) atoms. The lowest BCUT2D eigenvalue weighted by molar-refractivity contribution is -0.0101. The predicted molar refractivity (Wildman–Crippen MR) is 129 cm³/mol. The Labute approximate surface area is 193 Å². The highest BCUT2D eigenvalue weighted by molar-refractivity contribution is 5.31. The van der Waals surface area contributed by atoms with E-state index in [0.29, 0.717) is 13.2 Å². The summed E-state index contributed by atoms with van der Waals surface area (Å²) in [5.41, 5.74) is 2.70. The molecule has 1 heterocycles. The number of hydrogen-bond donors (Lipinski definition) is 1. The highest BCUT2D eigenvalue weighted by Crippen LogP contribution is 2.48. The Kier molecular flexibility index (Phi) is 7.23. The minimum Gasteiger partial charge on any atom is -0.389 e. The summed E-state index contributed by atoms with van der Waals surface area (Å²) in [6.45, 7) is 6.03. The van der Waals surface area contributed by atoms with Crippen LogP contribution in [0.4, 0.5) is 0 Å². The van der Waals surface area contributed by atoms with Crippen molar-refractivity contribution in [3.05, 3.63) is 71.8 Å². The van der Waals surface area contributed by atoms with Gasteiger partial charge in [0.05, 0.1) is 18.8 Å². The third-order valence-electron chi connectivity index (χ3n) is 8.00. The van der Waals surface area contributed by atoms with Crippen molar-refractivity contribution in [1.82, 2.24) is 9.80 Å². The second kappa shape index (κ2) is 10.5. The molecular weight excluding hydrogens is 396 g/mol. The Hall–Kier alpha value is -1.72. The predicted octanol–water partition coefficient (Wildman–Crippen LogP) is 4.21. The minimum absolute atomic E-state index is 0.287. The van der Waals surface area contributed by atoms with E-state index in [1.54, 1.807) is 0 Å². The zero-order chi connectivity index (χ0) is 21.8. The van der Waals surface area contributed by atoms with E-state index in [9.17, 15) is 5.11 Å². The molecule has 0 amide bonds. The Morgan fingerprint density at radius 1 is 0.844 bits per heavy atom. The lowest BCUT2D eigenvalue weighted by Crippen LogP contribution is -2.50. The Morgan fingerprint density at radius 3 is 2.06 bits per heavy atom. The molecule has 2 aromatic carbocycles. The summed E-state index contributed by atoms with van der Waals surface area (Å²) in [6.07, 6.45) is 5.23. The third kappa shape index (κ3) is 5.26. The first kappa shape index (κ1) is 22.1. The summed E-state index contributed by atoms with van der Waals surface area (Å²) in [5.74, 6) is 2.61. The van der Waals surface area contributed by atoms with Crippen LogP contribution in [-0.2, 0) is 4.74 Å². The molecule has 4 heteroatoms. The van der Waals surface area contributed by atoms with E-state index in [-0.39, 0.29) is 12.1 Å². The molecule has 1 aliphatic heterocycles. The van der Waals surface area contributed by atoms with Crippen LogP contribution >= 0.6 is 0 Å². The molecular formula is C28H38N2O2. The third-order valence-corrected chi connectivity index (χ3v) is 8.00. The zero-order valence-electron chi connectivity index (χ0n) is 19.2. The molecule has 4 nitrogen and oxygen atoms in total. The quantitative estimate of drug-likeness (QED) is 0.641. The van der Waals surface area contributed by atoms with Gasteiger partial charge in [0, 0.05) is 39.3 Å². The molecule has 2 aliphatic carbocycles. The van der Waals surface area contributed by atoms with Crippen molar-refractivity contribution in [2.75, 3.05) is 45.9 Å². The molecule has 4 atom stereocenters. The van der Waals surface area contributed by atoms with E-state index in [0.717, 1.165) is 50.5 Å². The van der Waals surface area contributed by atoms with Crippen molar-refractivity contribution in [3.63, 3.8) is 0 Å². The van der Waals surface area contributed by atoms with Crippen LogP contribution in [0.15, 0.2) is 60.7 Å².